The Kier molecular flexibility index (Phi) is 9.75. The van der Waals surface area contributed by atoms with Gasteiger partial charge in [0.25, 0.3) is 5.91 Å². The molecular weight excluding hydrogens is 486 g/mol. The molecule has 1 unspecified atom stereocenters. The Bertz CT molecular complexity index is 962. The maximum atomic E-state index is 12.6. The number of rotatable bonds is 11. The lowest BCUT2D eigenvalue weighted by molar-refractivity contribution is -0.274. The van der Waals surface area contributed by atoms with Crippen LogP contribution in [0.1, 0.15) is 22.3 Å². The average molecular weight is 508 g/mol. The fourth-order valence-corrected chi connectivity index (χ4v) is 2.80. The number of alkyl halides is 6. The first-order chi connectivity index (χ1) is 16.4. The van der Waals surface area contributed by atoms with Crippen LogP contribution >= 0.6 is 0 Å². The van der Waals surface area contributed by atoms with Gasteiger partial charge in [0.15, 0.2) is 0 Å². The van der Waals surface area contributed by atoms with Crippen LogP contribution in [0.4, 0.5) is 26.3 Å². The number of ether oxygens (including phenoxy) is 2. The highest BCUT2D eigenvalue weighted by molar-refractivity contribution is 5.97. The minimum Gasteiger partial charge on any atom is -0.493 e. The van der Waals surface area contributed by atoms with Gasteiger partial charge < -0.3 is 25.2 Å². The molecule has 2 amide bonds. The predicted octanol–water partition coefficient (Wildman–Crippen LogP) is 3.37. The van der Waals surface area contributed by atoms with E-state index in [-0.39, 0.29) is 30.9 Å². The number of hydrogen-bond acceptors (Lipinski definition) is 5. The second kappa shape index (κ2) is 12.3. The summed E-state index contributed by atoms with van der Waals surface area (Å²) in [6.07, 6.45) is -10.4. The molecule has 0 heterocycles. The maximum Gasteiger partial charge on any atom is 0.573 e. The van der Waals surface area contributed by atoms with Crippen LogP contribution in [0.5, 0.6) is 11.5 Å². The molecule has 0 aliphatic heterocycles. The number of aliphatic hydroxyl groups excluding tert-OH is 1. The van der Waals surface area contributed by atoms with Crippen molar-refractivity contribution in [1.82, 2.24) is 10.6 Å². The molecule has 192 valence electrons. The summed E-state index contributed by atoms with van der Waals surface area (Å²) < 4.78 is 82.3. The van der Waals surface area contributed by atoms with E-state index in [1.54, 1.807) is 0 Å². The quantitative estimate of drug-likeness (QED) is 0.405. The van der Waals surface area contributed by atoms with Crippen LogP contribution < -0.4 is 20.1 Å². The first kappa shape index (κ1) is 27.8. The van der Waals surface area contributed by atoms with Gasteiger partial charge in [-0.15, -0.1) is 13.2 Å². The van der Waals surface area contributed by atoms with Crippen molar-refractivity contribution in [3.8, 4) is 11.5 Å². The lowest BCUT2D eigenvalue weighted by Gasteiger charge is -2.19. The number of benzene rings is 2. The number of halogens is 6. The van der Waals surface area contributed by atoms with Crippen LogP contribution in [-0.4, -0.2) is 55.3 Å². The monoisotopic (exact) mass is 508 g/mol. The van der Waals surface area contributed by atoms with Crippen molar-refractivity contribution < 1.29 is 50.5 Å². The Balaban J connectivity index is 2.05. The SMILES string of the molecule is O=C(NC(Cc1ccc(OC(F)(F)F)cc1)C(=O)NCCO)c1ccc(OCCC(F)(F)F)cc1. The minimum absolute atomic E-state index is 0.0852. The number of amides is 2. The maximum absolute atomic E-state index is 12.6. The lowest BCUT2D eigenvalue weighted by atomic mass is 10.0. The van der Waals surface area contributed by atoms with Gasteiger partial charge in [0.05, 0.1) is 19.6 Å². The molecule has 7 nitrogen and oxygen atoms in total. The van der Waals surface area contributed by atoms with E-state index in [9.17, 15) is 35.9 Å². The van der Waals surface area contributed by atoms with E-state index in [2.05, 4.69) is 15.4 Å². The van der Waals surface area contributed by atoms with Gasteiger partial charge in [-0.3, -0.25) is 9.59 Å². The number of carbonyl (C=O) groups excluding carboxylic acids is 2. The summed E-state index contributed by atoms with van der Waals surface area (Å²) in [4.78, 5) is 25.1. The van der Waals surface area contributed by atoms with Gasteiger partial charge in [-0.1, -0.05) is 12.1 Å². The number of aliphatic hydroxyl groups is 1. The first-order valence-electron chi connectivity index (χ1n) is 10.2. The Labute approximate surface area is 196 Å². The molecule has 0 fully saturated rings. The third-order valence-corrected chi connectivity index (χ3v) is 4.40. The summed E-state index contributed by atoms with van der Waals surface area (Å²) >= 11 is 0. The standard InChI is InChI=1S/C22H22F6N2O5/c23-21(24,25)9-12-34-16-7-3-15(4-8-16)19(32)30-18(20(33)29-10-11-31)13-14-1-5-17(6-2-14)35-22(26,27)28/h1-8,18,31H,9-13H2,(H,29,33)(H,30,32). The zero-order valence-electron chi connectivity index (χ0n) is 18.1. The molecule has 1 atom stereocenters. The number of nitrogens with one attached hydrogen (secondary N) is 2. The van der Waals surface area contributed by atoms with Gasteiger partial charge in [-0.25, -0.2) is 0 Å². The normalized spacial score (nSPS) is 12.5. The lowest BCUT2D eigenvalue weighted by Crippen LogP contribution is -2.48. The van der Waals surface area contributed by atoms with E-state index in [4.69, 9.17) is 9.84 Å². The number of carbonyl (C=O) groups is 2. The van der Waals surface area contributed by atoms with Gasteiger partial charge in [0.2, 0.25) is 5.91 Å². The highest BCUT2D eigenvalue weighted by Crippen LogP contribution is 2.23. The van der Waals surface area contributed by atoms with Crippen molar-refractivity contribution in [2.45, 2.75) is 31.4 Å². The topological polar surface area (TPSA) is 96.9 Å². The molecule has 0 aliphatic rings. The van der Waals surface area contributed by atoms with Crippen molar-refractivity contribution in [1.29, 1.82) is 0 Å². The van der Waals surface area contributed by atoms with Crippen LogP contribution in [-0.2, 0) is 11.2 Å². The second-order valence-corrected chi connectivity index (χ2v) is 7.17. The minimum atomic E-state index is -4.86. The highest BCUT2D eigenvalue weighted by atomic mass is 19.4. The van der Waals surface area contributed by atoms with Gasteiger partial charge in [-0.05, 0) is 42.0 Å². The van der Waals surface area contributed by atoms with E-state index < -0.39 is 49.2 Å². The molecule has 2 rings (SSSR count). The van der Waals surface area contributed by atoms with Crippen molar-refractivity contribution >= 4 is 11.8 Å². The zero-order valence-corrected chi connectivity index (χ0v) is 18.1. The Morgan fingerprint density at radius 2 is 1.51 bits per heavy atom. The summed E-state index contributed by atoms with van der Waals surface area (Å²) in [6, 6.07) is 8.76. The van der Waals surface area contributed by atoms with E-state index in [1.165, 1.54) is 36.4 Å². The van der Waals surface area contributed by atoms with Gasteiger partial charge in [-0.2, -0.15) is 13.2 Å². The Morgan fingerprint density at radius 1 is 0.914 bits per heavy atom. The van der Waals surface area contributed by atoms with E-state index in [1.807, 2.05) is 0 Å². The first-order valence-corrected chi connectivity index (χ1v) is 10.2. The molecule has 2 aromatic rings. The van der Waals surface area contributed by atoms with Crippen molar-refractivity contribution in [3.05, 3.63) is 59.7 Å². The second-order valence-electron chi connectivity index (χ2n) is 7.17. The van der Waals surface area contributed by atoms with Crippen LogP contribution in [0.25, 0.3) is 0 Å². The molecule has 2 aromatic carbocycles. The van der Waals surface area contributed by atoms with Gasteiger partial charge in [0, 0.05) is 18.5 Å². The van der Waals surface area contributed by atoms with Crippen LogP contribution in [0.2, 0.25) is 0 Å². The zero-order chi connectivity index (χ0) is 26.1. The number of hydrogen-bond donors (Lipinski definition) is 3. The highest BCUT2D eigenvalue weighted by Gasteiger charge is 2.31. The molecule has 0 aromatic heterocycles. The van der Waals surface area contributed by atoms with Gasteiger partial charge >= 0.3 is 12.5 Å². The third kappa shape index (κ3) is 10.5. The molecule has 0 saturated heterocycles. The third-order valence-electron chi connectivity index (χ3n) is 4.40. The molecule has 3 N–H and O–H groups in total. The average Bonchev–Trinajstić information content (AvgIpc) is 2.76. The van der Waals surface area contributed by atoms with E-state index in [0.717, 1.165) is 12.1 Å². The molecule has 0 aliphatic carbocycles. The Morgan fingerprint density at radius 3 is 2.06 bits per heavy atom. The van der Waals surface area contributed by atoms with Crippen LogP contribution in [0.3, 0.4) is 0 Å². The smallest absolute Gasteiger partial charge is 0.493 e. The van der Waals surface area contributed by atoms with Gasteiger partial charge in [0.1, 0.15) is 17.5 Å². The molecule has 13 heteroatoms. The summed E-state index contributed by atoms with van der Waals surface area (Å²) in [5, 5.41) is 13.8. The predicted molar refractivity (Wildman–Crippen MR) is 111 cm³/mol. The largest absolute Gasteiger partial charge is 0.573 e. The Hall–Kier alpha value is -3.48. The van der Waals surface area contributed by atoms with Crippen molar-refractivity contribution in [2.24, 2.45) is 0 Å². The van der Waals surface area contributed by atoms with E-state index >= 15 is 0 Å². The molecule has 35 heavy (non-hydrogen) atoms. The van der Waals surface area contributed by atoms with Crippen LogP contribution in [0.15, 0.2) is 48.5 Å². The summed E-state index contributed by atoms with van der Waals surface area (Å²) in [5.41, 5.74) is 0.499. The summed E-state index contributed by atoms with van der Waals surface area (Å²) in [7, 11) is 0. The summed E-state index contributed by atoms with van der Waals surface area (Å²) in [5.74, 6) is -1.67. The van der Waals surface area contributed by atoms with E-state index in [0.29, 0.717) is 5.56 Å². The molecule has 0 bridgehead atoms. The molecule has 0 spiro atoms. The summed E-state index contributed by atoms with van der Waals surface area (Å²) in [6.45, 7) is -1.03. The molecule has 0 saturated carbocycles. The van der Waals surface area contributed by atoms with Crippen LogP contribution in [0, 0.1) is 0 Å². The fraction of sp³-hybridized carbons (Fsp3) is 0.364. The fourth-order valence-electron chi connectivity index (χ4n) is 2.80. The molecular formula is C22H22F6N2O5. The van der Waals surface area contributed by atoms with Crippen molar-refractivity contribution in [2.75, 3.05) is 19.8 Å². The molecule has 0 radical (unpaired) electrons. The van der Waals surface area contributed by atoms with Crippen molar-refractivity contribution in [3.63, 3.8) is 0 Å².